The second-order valence-electron chi connectivity index (χ2n) is 6.12. The summed E-state index contributed by atoms with van der Waals surface area (Å²) < 4.78 is 5.08. The van der Waals surface area contributed by atoms with Crippen LogP contribution in [0.2, 0.25) is 0 Å². The first-order chi connectivity index (χ1) is 12.9. The maximum absolute atomic E-state index is 12.2. The molecule has 2 aromatic rings. The number of carbonyl (C=O) groups excluding carboxylic acids is 2. The minimum Gasteiger partial charge on any atom is -0.462 e. The topological polar surface area (TPSA) is 81.2 Å². The fourth-order valence-electron chi connectivity index (χ4n) is 2.59. The number of hydrogen-bond acceptors (Lipinski definition) is 6. The predicted octanol–water partition coefficient (Wildman–Crippen LogP) is 3.95. The zero-order valence-electron chi connectivity index (χ0n) is 16.2. The van der Waals surface area contributed by atoms with Crippen LogP contribution in [-0.4, -0.2) is 34.7 Å². The number of ether oxygens (including phenoxy) is 1. The molecule has 0 fully saturated rings. The summed E-state index contributed by atoms with van der Waals surface area (Å²) >= 11 is 1.50. The molecule has 0 saturated carbocycles. The molecular formula is C20H25N3O3S. The van der Waals surface area contributed by atoms with Crippen LogP contribution in [0.4, 0.5) is 5.69 Å². The summed E-state index contributed by atoms with van der Waals surface area (Å²) in [5.41, 5.74) is 3.95. The molecule has 27 heavy (non-hydrogen) atoms. The quantitative estimate of drug-likeness (QED) is 0.420. The molecule has 0 spiro atoms. The third-order valence-electron chi connectivity index (χ3n) is 4.03. The van der Waals surface area contributed by atoms with Crippen molar-refractivity contribution < 1.29 is 14.3 Å². The number of thioether (sulfide) groups is 1. The first kappa shape index (κ1) is 20.9. The number of aromatic nitrogens is 2. The highest BCUT2D eigenvalue weighted by molar-refractivity contribution is 7.98. The predicted molar refractivity (Wildman–Crippen MR) is 107 cm³/mol. The van der Waals surface area contributed by atoms with E-state index in [1.54, 1.807) is 24.3 Å². The lowest BCUT2D eigenvalue weighted by Gasteiger charge is -2.10. The number of nitrogens with zero attached hydrogens (tertiary/aromatic N) is 2. The Morgan fingerprint density at radius 3 is 2.30 bits per heavy atom. The minimum atomic E-state index is -0.352. The molecular weight excluding hydrogens is 362 g/mol. The van der Waals surface area contributed by atoms with E-state index in [0.717, 1.165) is 28.5 Å². The normalized spacial score (nSPS) is 10.5. The van der Waals surface area contributed by atoms with Crippen LogP contribution in [0.25, 0.3) is 0 Å². The number of amides is 1. The van der Waals surface area contributed by atoms with Crippen LogP contribution >= 0.6 is 11.8 Å². The van der Waals surface area contributed by atoms with Crippen LogP contribution in [0.15, 0.2) is 29.4 Å². The number of aryl methyl sites for hydroxylation is 2. The van der Waals surface area contributed by atoms with Crippen molar-refractivity contribution in [2.75, 3.05) is 18.2 Å². The van der Waals surface area contributed by atoms with Gasteiger partial charge < -0.3 is 10.1 Å². The standard InChI is InChI=1S/C20H25N3O3S/c1-5-12-26-19(25)15-6-8-16(9-7-15)23-18(24)11-10-17-13(2)21-20(27-4)22-14(17)3/h6-9H,5,10-12H2,1-4H3,(H,23,24). The molecule has 0 unspecified atom stereocenters. The molecule has 6 nitrogen and oxygen atoms in total. The fourth-order valence-corrected chi connectivity index (χ4v) is 3.05. The lowest BCUT2D eigenvalue weighted by atomic mass is 10.1. The molecule has 0 aliphatic heterocycles. The Bertz CT molecular complexity index is 784. The molecule has 0 radical (unpaired) electrons. The smallest absolute Gasteiger partial charge is 0.338 e. The van der Waals surface area contributed by atoms with Crippen molar-refractivity contribution in [3.63, 3.8) is 0 Å². The highest BCUT2D eigenvalue weighted by atomic mass is 32.2. The third kappa shape index (κ3) is 6.06. The largest absolute Gasteiger partial charge is 0.462 e. The van der Waals surface area contributed by atoms with Gasteiger partial charge in [0.25, 0.3) is 0 Å². The maximum Gasteiger partial charge on any atom is 0.338 e. The van der Waals surface area contributed by atoms with Gasteiger partial charge in [0.15, 0.2) is 5.16 Å². The zero-order chi connectivity index (χ0) is 19.8. The number of rotatable bonds is 8. The number of anilines is 1. The van der Waals surface area contributed by atoms with Crippen molar-refractivity contribution >= 4 is 29.3 Å². The molecule has 1 N–H and O–H groups in total. The van der Waals surface area contributed by atoms with Gasteiger partial charge in [0, 0.05) is 23.5 Å². The summed E-state index contributed by atoms with van der Waals surface area (Å²) in [4.78, 5) is 32.9. The zero-order valence-corrected chi connectivity index (χ0v) is 17.0. The van der Waals surface area contributed by atoms with E-state index in [0.29, 0.717) is 30.7 Å². The molecule has 1 heterocycles. The molecule has 1 aromatic carbocycles. The van der Waals surface area contributed by atoms with Gasteiger partial charge in [0.05, 0.1) is 12.2 Å². The van der Waals surface area contributed by atoms with E-state index in [-0.39, 0.29) is 11.9 Å². The van der Waals surface area contributed by atoms with Gasteiger partial charge in [-0.25, -0.2) is 14.8 Å². The Balaban J connectivity index is 1.92. The van der Waals surface area contributed by atoms with Crippen LogP contribution in [0, 0.1) is 13.8 Å². The maximum atomic E-state index is 12.2. The average molecular weight is 388 g/mol. The highest BCUT2D eigenvalue weighted by Crippen LogP contribution is 2.18. The van der Waals surface area contributed by atoms with Gasteiger partial charge in [-0.15, -0.1) is 0 Å². The van der Waals surface area contributed by atoms with Crippen LogP contribution in [0.3, 0.4) is 0 Å². The molecule has 0 bridgehead atoms. The summed E-state index contributed by atoms with van der Waals surface area (Å²) in [6.45, 7) is 6.23. The van der Waals surface area contributed by atoms with E-state index in [1.807, 2.05) is 27.0 Å². The van der Waals surface area contributed by atoms with E-state index in [4.69, 9.17) is 4.74 Å². The molecule has 1 aromatic heterocycles. The van der Waals surface area contributed by atoms with Crippen LogP contribution in [-0.2, 0) is 16.0 Å². The monoisotopic (exact) mass is 387 g/mol. The van der Waals surface area contributed by atoms with Crippen molar-refractivity contribution in [3.05, 3.63) is 46.8 Å². The van der Waals surface area contributed by atoms with Crippen LogP contribution in [0.1, 0.15) is 47.1 Å². The van der Waals surface area contributed by atoms with E-state index in [2.05, 4.69) is 15.3 Å². The van der Waals surface area contributed by atoms with Gasteiger partial charge in [0.2, 0.25) is 5.91 Å². The van der Waals surface area contributed by atoms with Gasteiger partial charge in [0.1, 0.15) is 0 Å². The first-order valence-corrected chi connectivity index (χ1v) is 10.1. The van der Waals surface area contributed by atoms with Gasteiger partial charge in [-0.2, -0.15) is 0 Å². The van der Waals surface area contributed by atoms with E-state index < -0.39 is 0 Å². The lowest BCUT2D eigenvalue weighted by molar-refractivity contribution is -0.116. The Labute approximate surface area is 164 Å². The van der Waals surface area contributed by atoms with Crippen molar-refractivity contribution in [1.29, 1.82) is 0 Å². The Hall–Kier alpha value is -2.41. The Morgan fingerprint density at radius 1 is 1.11 bits per heavy atom. The number of nitrogens with one attached hydrogen (secondary N) is 1. The second kappa shape index (κ2) is 10.1. The number of carbonyl (C=O) groups is 2. The molecule has 0 aliphatic carbocycles. The van der Waals surface area contributed by atoms with Gasteiger partial charge >= 0.3 is 5.97 Å². The van der Waals surface area contributed by atoms with Crippen molar-refractivity contribution in [1.82, 2.24) is 9.97 Å². The number of hydrogen-bond donors (Lipinski definition) is 1. The summed E-state index contributed by atoms with van der Waals surface area (Å²) in [5, 5.41) is 3.59. The van der Waals surface area contributed by atoms with Crippen molar-refractivity contribution in [3.8, 4) is 0 Å². The van der Waals surface area contributed by atoms with E-state index in [1.165, 1.54) is 11.8 Å². The summed E-state index contributed by atoms with van der Waals surface area (Å²) in [6.07, 6.45) is 3.64. The van der Waals surface area contributed by atoms with Crippen LogP contribution in [0.5, 0.6) is 0 Å². The molecule has 0 atom stereocenters. The molecule has 7 heteroatoms. The summed E-state index contributed by atoms with van der Waals surface area (Å²) in [7, 11) is 0. The number of esters is 1. The first-order valence-electron chi connectivity index (χ1n) is 8.89. The summed E-state index contributed by atoms with van der Waals surface area (Å²) in [5.74, 6) is -0.446. The Morgan fingerprint density at radius 2 is 1.74 bits per heavy atom. The fraction of sp³-hybridized carbons (Fsp3) is 0.400. The van der Waals surface area contributed by atoms with Gasteiger partial charge in [-0.1, -0.05) is 18.7 Å². The Kier molecular flexibility index (Phi) is 7.79. The molecule has 144 valence electrons. The SMILES string of the molecule is CCCOC(=O)c1ccc(NC(=O)CCc2c(C)nc(SC)nc2C)cc1. The van der Waals surface area contributed by atoms with Crippen molar-refractivity contribution in [2.45, 2.75) is 45.2 Å². The molecule has 0 saturated heterocycles. The molecule has 1 amide bonds. The minimum absolute atomic E-state index is 0.0935. The van der Waals surface area contributed by atoms with E-state index >= 15 is 0 Å². The van der Waals surface area contributed by atoms with Crippen molar-refractivity contribution in [2.24, 2.45) is 0 Å². The lowest BCUT2D eigenvalue weighted by Crippen LogP contribution is -2.14. The van der Waals surface area contributed by atoms with Gasteiger partial charge in [-0.3, -0.25) is 4.79 Å². The molecule has 0 aliphatic rings. The molecule has 2 rings (SSSR count). The second-order valence-corrected chi connectivity index (χ2v) is 6.89. The highest BCUT2D eigenvalue weighted by Gasteiger charge is 2.11. The number of benzene rings is 1. The average Bonchev–Trinajstić information content (AvgIpc) is 2.65. The summed E-state index contributed by atoms with van der Waals surface area (Å²) in [6, 6.07) is 6.70. The van der Waals surface area contributed by atoms with E-state index in [9.17, 15) is 9.59 Å². The van der Waals surface area contributed by atoms with Crippen LogP contribution < -0.4 is 5.32 Å². The third-order valence-corrected chi connectivity index (χ3v) is 4.57. The van der Waals surface area contributed by atoms with Gasteiger partial charge in [-0.05, 0) is 62.8 Å².